The van der Waals surface area contributed by atoms with E-state index in [1.807, 2.05) is 12.1 Å². The first-order valence-corrected chi connectivity index (χ1v) is 8.56. The summed E-state index contributed by atoms with van der Waals surface area (Å²) in [5.74, 6) is 0. The van der Waals surface area contributed by atoms with Gasteiger partial charge in [-0.1, -0.05) is 55.6 Å². The van der Waals surface area contributed by atoms with Crippen LogP contribution in [0.5, 0.6) is 0 Å². The van der Waals surface area contributed by atoms with E-state index >= 15 is 0 Å². The van der Waals surface area contributed by atoms with E-state index in [9.17, 15) is 0 Å². The highest BCUT2D eigenvalue weighted by Crippen LogP contribution is 2.33. The molecule has 2 aromatic carbocycles. The fourth-order valence-electron chi connectivity index (χ4n) is 1.69. The molecule has 4 heteroatoms. The molecule has 0 amide bonds. The monoisotopic (exact) mass is 498 g/mol. The molecule has 0 N–H and O–H groups in total. The molecule has 0 aliphatic heterocycles. The third-order valence-electron chi connectivity index (χ3n) is 2.62. The summed E-state index contributed by atoms with van der Waals surface area (Å²) in [6.45, 7) is 0. The van der Waals surface area contributed by atoms with Gasteiger partial charge in [-0.2, -0.15) is 0 Å². The molecule has 0 spiro atoms. The summed E-state index contributed by atoms with van der Waals surface area (Å²) in [7, 11) is 0. The van der Waals surface area contributed by atoms with Crippen molar-refractivity contribution in [2.75, 3.05) is 0 Å². The summed E-state index contributed by atoms with van der Waals surface area (Å²) >= 11 is 15.6. The van der Waals surface area contributed by atoms with Crippen LogP contribution in [-0.4, -0.2) is 0 Å². The maximum atomic E-state index is 5.89. The van der Waals surface area contributed by atoms with E-state index in [-0.39, 0.29) is 0 Å². The lowest BCUT2D eigenvalue weighted by molar-refractivity contribution is 0.942. The Kier molecular flexibility index (Phi) is 5.54. The van der Waals surface area contributed by atoms with E-state index in [4.69, 9.17) is 11.6 Å². The van der Waals surface area contributed by atoms with Crippen LogP contribution in [0.1, 0.15) is 16.0 Å². The Balaban J connectivity index is 2.18. The molecule has 0 bridgehead atoms. The Morgan fingerprint density at radius 2 is 1.78 bits per heavy atom. The Bertz CT molecular complexity index is 540. The number of hydrogen-bond donors (Lipinski definition) is 0. The van der Waals surface area contributed by atoms with Crippen LogP contribution in [0.4, 0.5) is 0 Å². The quantitative estimate of drug-likeness (QED) is 0.339. The van der Waals surface area contributed by atoms with Gasteiger partial charge in [-0.15, -0.1) is 0 Å². The van der Waals surface area contributed by atoms with Gasteiger partial charge < -0.3 is 0 Å². The third-order valence-corrected chi connectivity index (χ3v) is 5.09. The molecule has 0 aliphatic rings. The van der Waals surface area contributed by atoms with E-state index in [1.54, 1.807) is 0 Å². The number of halogens is 4. The third kappa shape index (κ3) is 3.95. The first-order valence-electron chi connectivity index (χ1n) is 5.40. The predicted octanol–water partition coefficient (Wildman–Crippen LogP) is 6.39. The molecular weight excluding hydrogens is 490 g/mol. The summed E-state index contributed by atoms with van der Waals surface area (Å²) in [6.07, 6.45) is 0.940. The van der Waals surface area contributed by atoms with Gasteiger partial charge in [-0.3, -0.25) is 0 Å². The predicted molar refractivity (Wildman–Crippen MR) is 93.7 cm³/mol. The number of hydrogen-bond acceptors (Lipinski definition) is 0. The molecule has 18 heavy (non-hydrogen) atoms. The molecular formula is C14H10Br2ClI. The first kappa shape index (κ1) is 14.8. The molecule has 0 aromatic heterocycles. The van der Waals surface area contributed by atoms with E-state index in [0.717, 1.165) is 15.9 Å². The van der Waals surface area contributed by atoms with Crippen LogP contribution in [0.15, 0.2) is 46.9 Å². The van der Waals surface area contributed by atoms with E-state index < -0.39 is 0 Å². The van der Waals surface area contributed by atoms with Crippen molar-refractivity contribution in [3.63, 3.8) is 0 Å². The van der Waals surface area contributed by atoms with Crippen molar-refractivity contribution in [1.29, 1.82) is 0 Å². The minimum atomic E-state index is 0.294. The highest BCUT2D eigenvalue weighted by Gasteiger charge is 2.12. The van der Waals surface area contributed by atoms with Gasteiger partial charge in [-0.25, -0.2) is 0 Å². The topological polar surface area (TPSA) is 0 Å². The minimum Gasteiger partial charge on any atom is -0.0843 e. The SMILES string of the molecule is Clc1ccc(CC(Br)c2cc(I)ccc2Br)cc1. The lowest BCUT2D eigenvalue weighted by atomic mass is 10.0. The summed E-state index contributed by atoms with van der Waals surface area (Å²) in [4.78, 5) is 0.294. The largest absolute Gasteiger partial charge is 0.0843 e. The zero-order chi connectivity index (χ0) is 13.1. The zero-order valence-corrected chi connectivity index (χ0v) is 15.4. The van der Waals surface area contributed by atoms with Gasteiger partial charge in [0.05, 0.1) is 0 Å². The summed E-state index contributed by atoms with van der Waals surface area (Å²) in [5.41, 5.74) is 2.55. The Morgan fingerprint density at radius 3 is 2.44 bits per heavy atom. The summed E-state index contributed by atoms with van der Waals surface area (Å²) in [5, 5.41) is 0.778. The van der Waals surface area contributed by atoms with Crippen LogP contribution in [0, 0.1) is 3.57 Å². The average Bonchev–Trinajstić information content (AvgIpc) is 2.35. The van der Waals surface area contributed by atoms with Crippen LogP contribution in [-0.2, 0) is 6.42 Å². The van der Waals surface area contributed by atoms with E-state index in [1.165, 1.54) is 14.7 Å². The second kappa shape index (κ2) is 6.73. The Labute approximate surface area is 143 Å². The van der Waals surface area contributed by atoms with Gasteiger partial charge in [0, 0.05) is 17.9 Å². The molecule has 2 aromatic rings. The lowest BCUT2D eigenvalue weighted by Gasteiger charge is -2.13. The maximum Gasteiger partial charge on any atom is 0.0447 e. The number of benzene rings is 2. The lowest BCUT2D eigenvalue weighted by Crippen LogP contribution is -1.97. The van der Waals surface area contributed by atoms with Crippen LogP contribution in [0.3, 0.4) is 0 Å². The fourth-order valence-corrected chi connectivity index (χ4v) is 3.92. The molecule has 0 aliphatic carbocycles. The molecule has 94 valence electrons. The van der Waals surface area contributed by atoms with Crippen LogP contribution in [0.25, 0.3) is 0 Å². The minimum absolute atomic E-state index is 0.294. The van der Waals surface area contributed by atoms with Gasteiger partial charge in [0.15, 0.2) is 0 Å². The highest BCUT2D eigenvalue weighted by molar-refractivity contribution is 14.1. The van der Waals surface area contributed by atoms with Crippen molar-refractivity contribution >= 4 is 66.1 Å². The highest BCUT2D eigenvalue weighted by atomic mass is 127. The van der Waals surface area contributed by atoms with Gasteiger partial charge in [0.2, 0.25) is 0 Å². The molecule has 0 radical (unpaired) electrons. The Hall–Kier alpha value is 0.420. The van der Waals surface area contributed by atoms with Crippen molar-refractivity contribution in [3.05, 3.63) is 66.7 Å². The van der Waals surface area contributed by atoms with Crippen LogP contribution in [0.2, 0.25) is 5.02 Å². The Morgan fingerprint density at radius 1 is 1.11 bits per heavy atom. The van der Waals surface area contributed by atoms with Crippen molar-refractivity contribution < 1.29 is 0 Å². The van der Waals surface area contributed by atoms with E-state index in [2.05, 4.69) is 84.8 Å². The van der Waals surface area contributed by atoms with Gasteiger partial charge in [0.25, 0.3) is 0 Å². The summed E-state index contributed by atoms with van der Waals surface area (Å²) in [6, 6.07) is 14.4. The smallest absolute Gasteiger partial charge is 0.0447 e. The maximum absolute atomic E-state index is 5.89. The molecule has 0 heterocycles. The average molecular weight is 500 g/mol. The van der Waals surface area contributed by atoms with Gasteiger partial charge in [-0.05, 0) is 70.5 Å². The number of alkyl halides is 1. The molecule has 2 rings (SSSR count). The molecule has 1 atom stereocenters. The van der Waals surface area contributed by atoms with Crippen molar-refractivity contribution in [3.8, 4) is 0 Å². The molecule has 1 unspecified atom stereocenters. The van der Waals surface area contributed by atoms with Crippen molar-refractivity contribution in [2.45, 2.75) is 11.2 Å². The van der Waals surface area contributed by atoms with Crippen LogP contribution < -0.4 is 0 Å². The zero-order valence-electron chi connectivity index (χ0n) is 9.34. The molecule has 0 fully saturated rings. The molecule has 0 saturated heterocycles. The van der Waals surface area contributed by atoms with Gasteiger partial charge >= 0.3 is 0 Å². The van der Waals surface area contributed by atoms with Gasteiger partial charge in [0.1, 0.15) is 0 Å². The second-order valence-electron chi connectivity index (χ2n) is 3.96. The summed E-state index contributed by atoms with van der Waals surface area (Å²) < 4.78 is 2.38. The molecule has 0 saturated carbocycles. The second-order valence-corrected chi connectivity index (χ2v) is 7.61. The fraction of sp³-hybridized carbons (Fsp3) is 0.143. The standard InChI is InChI=1S/C14H10Br2ClI/c15-13-6-5-11(18)8-12(13)14(16)7-9-1-3-10(17)4-2-9/h1-6,8,14H,7H2. The van der Waals surface area contributed by atoms with Crippen LogP contribution >= 0.6 is 66.1 Å². The first-order chi connectivity index (χ1) is 8.56. The van der Waals surface area contributed by atoms with Crippen molar-refractivity contribution in [2.24, 2.45) is 0 Å². The normalized spacial score (nSPS) is 12.4. The molecule has 0 nitrogen and oxygen atoms in total. The van der Waals surface area contributed by atoms with Crippen molar-refractivity contribution in [1.82, 2.24) is 0 Å². The van der Waals surface area contributed by atoms with E-state index in [0.29, 0.717) is 4.83 Å². The number of rotatable bonds is 3.